The van der Waals surface area contributed by atoms with Gasteiger partial charge in [0.1, 0.15) is 18.5 Å². The number of ether oxygens (including phenoxy) is 1. The van der Waals surface area contributed by atoms with E-state index in [0.717, 1.165) is 16.9 Å². The Kier molecular flexibility index (Phi) is 5.53. The number of aryl methyl sites for hydroxylation is 1. The van der Waals surface area contributed by atoms with Gasteiger partial charge in [-0.05, 0) is 30.2 Å². The van der Waals surface area contributed by atoms with Crippen LogP contribution >= 0.6 is 0 Å². The number of rotatable bonds is 7. The van der Waals surface area contributed by atoms with Crippen LogP contribution in [0.1, 0.15) is 11.1 Å². The Labute approximate surface area is 119 Å². The average Bonchev–Trinajstić information content (AvgIpc) is 2.47. The molecule has 106 valence electrons. The van der Waals surface area contributed by atoms with Crippen LogP contribution in [0.2, 0.25) is 0 Å². The number of aromatic nitrogens is 1. The molecule has 0 bridgehead atoms. The lowest BCUT2D eigenvalue weighted by atomic mass is 10.2. The molecule has 0 spiro atoms. The van der Waals surface area contributed by atoms with Crippen molar-refractivity contribution in [2.45, 2.75) is 19.6 Å². The van der Waals surface area contributed by atoms with E-state index in [2.05, 4.69) is 10.3 Å². The van der Waals surface area contributed by atoms with E-state index >= 15 is 0 Å². The standard InChI is InChI=1S/C16H20N2O2/c1-13-5-2-3-7-16(13)20-12-15(19)11-18-10-14-6-4-8-17-9-14/h2-9,15,18-19H,10-12H2,1H3. The van der Waals surface area contributed by atoms with Crippen LogP contribution in [0.15, 0.2) is 48.8 Å². The van der Waals surface area contributed by atoms with Crippen LogP contribution in [0.4, 0.5) is 0 Å². The lowest BCUT2D eigenvalue weighted by Gasteiger charge is -2.14. The summed E-state index contributed by atoms with van der Waals surface area (Å²) in [5, 5.41) is 13.1. The fourth-order valence-corrected chi connectivity index (χ4v) is 1.85. The predicted molar refractivity (Wildman–Crippen MR) is 78.6 cm³/mol. The van der Waals surface area contributed by atoms with Gasteiger partial charge in [0.05, 0.1) is 0 Å². The largest absolute Gasteiger partial charge is 0.491 e. The molecule has 1 atom stereocenters. The number of para-hydroxylation sites is 1. The maximum Gasteiger partial charge on any atom is 0.122 e. The minimum Gasteiger partial charge on any atom is -0.491 e. The van der Waals surface area contributed by atoms with Crippen molar-refractivity contribution in [2.24, 2.45) is 0 Å². The fourth-order valence-electron chi connectivity index (χ4n) is 1.85. The van der Waals surface area contributed by atoms with Gasteiger partial charge in [-0.3, -0.25) is 4.98 Å². The summed E-state index contributed by atoms with van der Waals surface area (Å²) in [6.07, 6.45) is 3.02. The van der Waals surface area contributed by atoms with Gasteiger partial charge in [0.15, 0.2) is 0 Å². The fraction of sp³-hybridized carbons (Fsp3) is 0.312. The molecule has 1 aromatic heterocycles. The summed E-state index contributed by atoms with van der Waals surface area (Å²) in [4.78, 5) is 4.04. The van der Waals surface area contributed by atoms with Crippen LogP contribution in [-0.2, 0) is 6.54 Å². The number of nitrogens with one attached hydrogen (secondary N) is 1. The number of aliphatic hydroxyl groups excluding tert-OH is 1. The summed E-state index contributed by atoms with van der Waals surface area (Å²) in [5.41, 5.74) is 2.17. The van der Waals surface area contributed by atoms with Crippen molar-refractivity contribution < 1.29 is 9.84 Å². The summed E-state index contributed by atoms with van der Waals surface area (Å²) in [5.74, 6) is 0.818. The maximum atomic E-state index is 9.88. The maximum absolute atomic E-state index is 9.88. The summed E-state index contributed by atoms with van der Waals surface area (Å²) in [6.45, 7) is 3.45. The lowest BCUT2D eigenvalue weighted by molar-refractivity contribution is 0.106. The van der Waals surface area contributed by atoms with E-state index < -0.39 is 6.10 Å². The number of nitrogens with zero attached hydrogens (tertiary/aromatic N) is 1. The Balaban J connectivity index is 1.68. The summed E-state index contributed by atoms with van der Waals surface area (Å²) < 4.78 is 5.60. The Hall–Kier alpha value is -1.91. The zero-order valence-electron chi connectivity index (χ0n) is 11.6. The van der Waals surface area contributed by atoms with Crippen molar-refractivity contribution in [3.8, 4) is 5.75 Å². The zero-order chi connectivity index (χ0) is 14.2. The topological polar surface area (TPSA) is 54.4 Å². The molecule has 1 aromatic carbocycles. The molecule has 20 heavy (non-hydrogen) atoms. The first-order chi connectivity index (χ1) is 9.75. The molecular weight excluding hydrogens is 252 g/mol. The highest BCUT2D eigenvalue weighted by Gasteiger charge is 2.06. The quantitative estimate of drug-likeness (QED) is 0.808. The third-order valence-electron chi connectivity index (χ3n) is 2.96. The number of hydrogen-bond acceptors (Lipinski definition) is 4. The number of hydrogen-bond donors (Lipinski definition) is 2. The van der Waals surface area contributed by atoms with Crippen LogP contribution in [0.3, 0.4) is 0 Å². The molecule has 1 heterocycles. The minimum atomic E-state index is -0.536. The second-order valence-electron chi connectivity index (χ2n) is 4.72. The van der Waals surface area contributed by atoms with E-state index in [-0.39, 0.29) is 6.61 Å². The normalized spacial score (nSPS) is 12.1. The molecule has 0 saturated carbocycles. The van der Waals surface area contributed by atoms with E-state index in [1.165, 1.54) is 0 Å². The molecule has 0 fully saturated rings. The number of pyridine rings is 1. The molecule has 0 aliphatic heterocycles. The van der Waals surface area contributed by atoms with E-state index in [9.17, 15) is 5.11 Å². The van der Waals surface area contributed by atoms with Gasteiger partial charge in [-0.1, -0.05) is 24.3 Å². The Morgan fingerprint density at radius 2 is 2.10 bits per heavy atom. The summed E-state index contributed by atoms with van der Waals surface area (Å²) >= 11 is 0. The molecular formula is C16H20N2O2. The number of aliphatic hydroxyl groups is 1. The first-order valence-electron chi connectivity index (χ1n) is 6.72. The Bertz CT molecular complexity index is 517. The van der Waals surface area contributed by atoms with Gasteiger partial charge in [-0.2, -0.15) is 0 Å². The van der Waals surface area contributed by atoms with Gasteiger partial charge < -0.3 is 15.2 Å². The highest BCUT2D eigenvalue weighted by atomic mass is 16.5. The highest BCUT2D eigenvalue weighted by molar-refractivity contribution is 5.31. The van der Waals surface area contributed by atoms with Crippen molar-refractivity contribution in [1.82, 2.24) is 10.3 Å². The third kappa shape index (κ3) is 4.64. The molecule has 4 heteroatoms. The van der Waals surface area contributed by atoms with Gasteiger partial charge in [-0.15, -0.1) is 0 Å². The van der Waals surface area contributed by atoms with Crippen molar-refractivity contribution in [2.75, 3.05) is 13.2 Å². The van der Waals surface area contributed by atoms with Gasteiger partial charge in [0.25, 0.3) is 0 Å². The van der Waals surface area contributed by atoms with Gasteiger partial charge >= 0.3 is 0 Å². The monoisotopic (exact) mass is 272 g/mol. The smallest absolute Gasteiger partial charge is 0.122 e. The van der Waals surface area contributed by atoms with Crippen molar-refractivity contribution in [3.05, 3.63) is 59.9 Å². The molecule has 4 nitrogen and oxygen atoms in total. The molecule has 0 amide bonds. The van der Waals surface area contributed by atoms with Gasteiger partial charge in [-0.25, -0.2) is 0 Å². The van der Waals surface area contributed by atoms with Gasteiger partial charge in [0.2, 0.25) is 0 Å². The van der Waals surface area contributed by atoms with Crippen molar-refractivity contribution >= 4 is 0 Å². The summed E-state index contributed by atoms with van der Waals surface area (Å²) in [7, 11) is 0. The van der Waals surface area contributed by atoms with E-state index in [0.29, 0.717) is 13.1 Å². The minimum absolute atomic E-state index is 0.283. The first-order valence-corrected chi connectivity index (χ1v) is 6.72. The Morgan fingerprint density at radius 3 is 2.85 bits per heavy atom. The highest BCUT2D eigenvalue weighted by Crippen LogP contribution is 2.16. The Morgan fingerprint density at radius 1 is 1.25 bits per heavy atom. The van der Waals surface area contributed by atoms with Crippen molar-refractivity contribution in [3.63, 3.8) is 0 Å². The SMILES string of the molecule is Cc1ccccc1OCC(O)CNCc1cccnc1. The van der Waals surface area contributed by atoms with E-state index in [1.807, 2.05) is 49.5 Å². The van der Waals surface area contributed by atoms with Crippen LogP contribution in [-0.4, -0.2) is 29.3 Å². The first kappa shape index (κ1) is 14.5. The third-order valence-corrected chi connectivity index (χ3v) is 2.96. The number of benzene rings is 1. The van der Waals surface area contributed by atoms with Crippen LogP contribution in [0, 0.1) is 6.92 Å². The molecule has 1 unspecified atom stereocenters. The van der Waals surface area contributed by atoms with Crippen LogP contribution < -0.4 is 10.1 Å². The van der Waals surface area contributed by atoms with Gasteiger partial charge in [0, 0.05) is 25.5 Å². The second-order valence-corrected chi connectivity index (χ2v) is 4.72. The van der Waals surface area contributed by atoms with Crippen molar-refractivity contribution in [1.29, 1.82) is 0 Å². The predicted octanol–water partition coefficient (Wildman–Crippen LogP) is 1.92. The molecule has 2 rings (SSSR count). The molecule has 0 radical (unpaired) electrons. The lowest BCUT2D eigenvalue weighted by Crippen LogP contribution is -2.31. The van der Waals surface area contributed by atoms with Crippen LogP contribution in [0.5, 0.6) is 5.75 Å². The molecule has 0 saturated heterocycles. The molecule has 2 aromatic rings. The molecule has 2 N–H and O–H groups in total. The molecule has 0 aliphatic rings. The van der Waals surface area contributed by atoms with Crippen LogP contribution in [0.25, 0.3) is 0 Å². The zero-order valence-corrected chi connectivity index (χ0v) is 11.6. The second kappa shape index (κ2) is 7.62. The van der Waals surface area contributed by atoms with E-state index in [1.54, 1.807) is 6.20 Å². The summed E-state index contributed by atoms with van der Waals surface area (Å²) in [6, 6.07) is 11.7. The van der Waals surface area contributed by atoms with E-state index in [4.69, 9.17) is 4.74 Å². The molecule has 0 aliphatic carbocycles. The average molecular weight is 272 g/mol.